The minimum atomic E-state index is -3.61. The lowest BCUT2D eigenvalue weighted by molar-refractivity contribution is 0.383. The summed E-state index contributed by atoms with van der Waals surface area (Å²) in [6, 6.07) is 11.4. The quantitative estimate of drug-likeness (QED) is 0.790. The van der Waals surface area contributed by atoms with E-state index >= 15 is 0 Å². The molecule has 1 saturated heterocycles. The number of nitrogens with zero attached hydrogens (tertiary/aromatic N) is 3. The fourth-order valence-corrected chi connectivity index (χ4v) is 5.68. The van der Waals surface area contributed by atoms with Crippen LogP contribution in [-0.2, 0) is 10.0 Å². The first kappa shape index (κ1) is 20.2. The summed E-state index contributed by atoms with van der Waals surface area (Å²) in [5.74, 6) is 0.701. The number of hydrogen-bond donors (Lipinski definition) is 0. The lowest BCUT2D eigenvalue weighted by Gasteiger charge is -2.36. The van der Waals surface area contributed by atoms with E-state index in [1.54, 1.807) is 30.5 Å². The number of para-hydroxylation sites is 1. The molecule has 0 aliphatic carbocycles. The van der Waals surface area contributed by atoms with E-state index < -0.39 is 10.0 Å². The van der Waals surface area contributed by atoms with Gasteiger partial charge in [0.2, 0.25) is 10.0 Å². The first-order chi connectivity index (χ1) is 13.3. The highest BCUT2D eigenvalue weighted by molar-refractivity contribution is 7.89. The van der Waals surface area contributed by atoms with Crippen LogP contribution in [0.3, 0.4) is 0 Å². The Morgan fingerprint density at radius 1 is 1.04 bits per heavy atom. The number of piperazine rings is 1. The van der Waals surface area contributed by atoms with Gasteiger partial charge in [0.15, 0.2) is 0 Å². The van der Waals surface area contributed by atoms with Crippen molar-refractivity contribution < 1.29 is 13.2 Å². The van der Waals surface area contributed by atoms with Crippen molar-refractivity contribution in [2.45, 2.75) is 25.7 Å². The van der Waals surface area contributed by atoms with Crippen molar-refractivity contribution in [2.75, 3.05) is 38.2 Å². The molecule has 0 amide bonds. The molecule has 1 fully saturated rings. The van der Waals surface area contributed by atoms with Crippen LogP contribution in [-0.4, -0.2) is 46.0 Å². The number of aryl methyl sites for hydroxylation is 1. The molecule has 148 valence electrons. The molecule has 0 unspecified atom stereocenters. The summed E-state index contributed by atoms with van der Waals surface area (Å²) < 4.78 is 33.6. The van der Waals surface area contributed by atoms with Crippen molar-refractivity contribution in [3.63, 3.8) is 0 Å². The molecule has 7 heteroatoms. The molecular weight excluding hydrogens is 374 g/mol. The van der Waals surface area contributed by atoms with E-state index in [4.69, 9.17) is 4.74 Å². The Bertz CT molecular complexity index is 1030. The van der Waals surface area contributed by atoms with Gasteiger partial charge in [0.1, 0.15) is 11.8 Å². The standard InChI is InChI=1S/C21H25N3O3S/c1-15-13-20(27-4)16(2)17(3)21(15)28(25,26)24-11-9-23(10-12-24)19-8-6-5-7-18(19)14-22/h5-8,13H,9-12H2,1-4H3. The number of benzene rings is 2. The molecule has 1 heterocycles. The topological polar surface area (TPSA) is 73.6 Å². The maximum Gasteiger partial charge on any atom is 0.243 e. The number of rotatable bonds is 4. The van der Waals surface area contributed by atoms with Gasteiger partial charge in [0.05, 0.1) is 23.3 Å². The molecule has 0 radical (unpaired) electrons. The molecule has 1 aliphatic heterocycles. The van der Waals surface area contributed by atoms with Gasteiger partial charge in [0, 0.05) is 26.2 Å². The van der Waals surface area contributed by atoms with Crippen molar-refractivity contribution >= 4 is 15.7 Å². The van der Waals surface area contributed by atoms with Gasteiger partial charge in [-0.3, -0.25) is 0 Å². The molecule has 6 nitrogen and oxygen atoms in total. The summed E-state index contributed by atoms with van der Waals surface area (Å²) in [5.41, 5.74) is 3.73. The number of methoxy groups -OCH3 is 1. The average molecular weight is 400 g/mol. The summed E-state index contributed by atoms with van der Waals surface area (Å²) >= 11 is 0. The Labute approximate surface area is 167 Å². The molecule has 0 atom stereocenters. The second-order valence-electron chi connectivity index (χ2n) is 6.99. The number of sulfonamides is 1. The monoisotopic (exact) mass is 399 g/mol. The van der Waals surface area contributed by atoms with Crippen molar-refractivity contribution in [2.24, 2.45) is 0 Å². The molecule has 0 N–H and O–H groups in total. The van der Waals surface area contributed by atoms with Crippen LogP contribution in [0.25, 0.3) is 0 Å². The average Bonchev–Trinajstić information content (AvgIpc) is 2.70. The van der Waals surface area contributed by atoms with Crippen LogP contribution in [0.4, 0.5) is 5.69 Å². The van der Waals surface area contributed by atoms with E-state index in [1.807, 2.05) is 32.0 Å². The molecule has 0 aromatic heterocycles. The normalized spacial score (nSPS) is 15.3. The maximum atomic E-state index is 13.4. The van der Waals surface area contributed by atoms with E-state index in [-0.39, 0.29) is 0 Å². The van der Waals surface area contributed by atoms with Crippen LogP contribution in [0.2, 0.25) is 0 Å². The number of nitriles is 1. The number of hydrogen-bond acceptors (Lipinski definition) is 5. The fraction of sp³-hybridized carbons (Fsp3) is 0.381. The summed E-state index contributed by atoms with van der Waals surface area (Å²) in [6.45, 7) is 7.37. The first-order valence-corrected chi connectivity index (χ1v) is 10.6. The summed E-state index contributed by atoms with van der Waals surface area (Å²) in [7, 11) is -2.02. The lowest BCUT2D eigenvalue weighted by atomic mass is 10.1. The zero-order chi connectivity index (χ0) is 20.5. The third kappa shape index (κ3) is 3.46. The number of anilines is 1. The van der Waals surface area contributed by atoms with Crippen LogP contribution >= 0.6 is 0 Å². The first-order valence-electron chi connectivity index (χ1n) is 9.20. The smallest absolute Gasteiger partial charge is 0.243 e. The van der Waals surface area contributed by atoms with E-state index in [0.717, 1.165) is 16.8 Å². The Kier molecular flexibility index (Phi) is 5.64. The molecule has 0 bridgehead atoms. The SMILES string of the molecule is COc1cc(C)c(S(=O)(=O)N2CCN(c3ccccc3C#N)CC2)c(C)c1C. The zero-order valence-corrected chi connectivity index (χ0v) is 17.5. The Balaban J connectivity index is 1.87. The van der Waals surface area contributed by atoms with Gasteiger partial charge in [-0.1, -0.05) is 12.1 Å². The van der Waals surface area contributed by atoms with Gasteiger partial charge in [-0.05, 0) is 55.7 Å². The van der Waals surface area contributed by atoms with Crippen LogP contribution in [0.1, 0.15) is 22.3 Å². The van der Waals surface area contributed by atoms with Gasteiger partial charge in [-0.25, -0.2) is 8.42 Å². The molecule has 1 aliphatic rings. The van der Waals surface area contributed by atoms with Gasteiger partial charge in [-0.15, -0.1) is 0 Å². The Hall–Kier alpha value is -2.56. The molecule has 3 rings (SSSR count). The third-order valence-corrected chi connectivity index (χ3v) is 7.59. The van der Waals surface area contributed by atoms with Gasteiger partial charge in [-0.2, -0.15) is 9.57 Å². The number of ether oxygens (including phenoxy) is 1. The maximum absolute atomic E-state index is 13.4. The van der Waals surface area contributed by atoms with Crippen molar-refractivity contribution in [3.8, 4) is 11.8 Å². The van der Waals surface area contributed by atoms with Crippen molar-refractivity contribution in [1.29, 1.82) is 5.26 Å². The molecule has 0 saturated carbocycles. The molecule has 2 aromatic carbocycles. The summed E-state index contributed by atoms with van der Waals surface area (Å²) in [4.78, 5) is 2.44. The second kappa shape index (κ2) is 7.82. The highest BCUT2D eigenvalue weighted by Crippen LogP contribution is 2.33. The molecule has 28 heavy (non-hydrogen) atoms. The summed E-state index contributed by atoms with van der Waals surface area (Å²) in [6.07, 6.45) is 0. The largest absolute Gasteiger partial charge is 0.496 e. The Morgan fingerprint density at radius 3 is 2.29 bits per heavy atom. The molecule has 0 spiro atoms. The Morgan fingerprint density at radius 2 is 1.68 bits per heavy atom. The van der Waals surface area contributed by atoms with Crippen LogP contribution in [0.15, 0.2) is 35.2 Å². The minimum Gasteiger partial charge on any atom is -0.496 e. The lowest BCUT2D eigenvalue weighted by Crippen LogP contribution is -2.49. The predicted molar refractivity (Wildman–Crippen MR) is 109 cm³/mol. The fourth-order valence-electron chi connectivity index (χ4n) is 3.77. The molecule has 2 aromatic rings. The molecular formula is C21H25N3O3S. The zero-order valence-electron chi connectivity index (χ0n) is 16.7. The second-order valence-corrected chi connectivity index (χ2v) is 8.87. The summed E-state index contributed by atoms with van der Waals surface area (Å²) in [5, 5.41) is 9.32. The predicted octanol–water partition coefficient (Wildman–Crippen LogP) is 3.00. The van der Waals surface area contributed by atoms with E-state index in [1.165, 1.54) is 0 Å². The highest BCUT2D eigenvalue weighted by Gasteiger charge is 2.32. The highest BCUT2D eigenvalue weighted by atomic mass is 32.2. The van der Waals surface area contributed by atoms with Crippen LogP contribution in [0.5, 0.6) is 5.75 Å². The van der Waals surface area contributed by atoms with Gasteiger partial charge in [0.25, 0.3) is 0 Å². The van der Waals surface area contributed by atoms with Crippen molar-refractivity contribution in [1.82, 2.24) is 4.31 Å². The van der Waals surface area contributed by atoms with E-state index in [2.05, 4.69) is 11.0 Å². The third-order valence-electron chi connectivity index (χ3n) is 5.40. The van der Waals surface area contributed by atoms with Crippen molar-refractivity contribution in [3.05, 3.63) is 52.6 Å². The minimum absolute atomic E-state index is 0.372. The van der Waals surface area contributed by atoms with E-state index in [0.29, 0.717) is 48.0 Å². The van der Waals surface area contributed by atoms with Gasteiger partial charge < -0.3 is 9.64 Å². The van der Waals surface area contributed by atoms with E-state index in [9.17, 15) is 13.7 Å². The van der Waals surface area contributed by atoms with Crippen LogP contribution in [0, 0.1) is 32.1 Å². The van der Waals surface area contributed by atoms with Gasteiger partial charge >= 0.3 is 0 Å². The van der Waals surface area contributed by atoms with Crippen LogP contribution < -0.4 is 9.64 Å².